The Morgan fingerprint density at radius 3 is 2.82 bits per heavy atom. The smallest absolute Gasteiger partial charge is 0.278 e. The van der Waals surface area contributed by atoms with E-state index in [2.05, 4.69) is 4.99 Å². The Labute approximate surface area is 134 Å². The molecule has 0 saturated heterocycles. The Kier molecular flexibility index (Phi) is 3.67. The highest BCUT2D eigenvalue weighted by Crippen LogP contribution is 2.38. The number of nitro benzene ring substituents is 1. The van der Waals surface area contributed by atoms with Crippen molar-refractivity contribution in [3.63, 3.8) is 0 Å². The lowest BCUT2D eigenvalue weighted by Crippen LogP contribution is -2.26. The second-order valence-electron chi connectivity index (χ2n) is 4.66. The van der Waals surface area contributed by atoms with Gasteiger partial charge < -0.3 is 4.90 Å². The number of nitro groups is 1. The number of amides is 1. The lowest BCUT2D eigenvalue weighted by Gasteiger charge is -2.13. The maximum absolute atomic E-state index is 12.0. The summed E-state index contributed by atoms with van der Waals surface area (Å²) in [6.45, 7) is -0.0586. The summed E-state index contributed by atoms with van der Waals surface area (Å²) in [5.74, 6) is -0.187. The molecule has 0 fully saturated rings. The average Bonchev–Trinajstić information content (AvgIpc) is 2.83. The molecule has 0 atom stereocenters. The Morgan fingerprint density at radius 2 is 2.09 bits per heavy atom. The second kappa shape index (κ2) is 5.51. The van der Waals surface area contributed by atoms with Crippen LogP contribution >= 0.6 is 22.9 Å². The molecule has 2 aromatic rings. The zero-order chi connectivity index (χ0) is 15.9. The van der Waals surface area contributed by atoms with Gasteiger partial charge in [0.1, 0.15) is 11.5 Å². The predicted octanol–water partition coefficient (Wildman–Crippen LogP) is 3.12. The monoisotopic (exact) mass is 335 g/mol. The summed E-state index contributed by atoms with van der Waals surface area (Å²) >= 11 is 7.31. The number of carbonyl (C=O) groups is 1. The van der Waals surface area contributed by atoms with Crippen molar-refractivity contribution in [2.75, 3.05) is 18.5 Å². The number of hydrogen-bond donors (Lipinski definition) is 0. The summed E-state index contributed by atoms with van der Waals surface area (Å²) in [6, 6.07) is 8.03. The van der Waals surface area contributed by atoms with Gasteiger partial charge in [-0.1, -0.05) is 23.7 Å². The number of benzene rings is 1. The number of carbonyl (C=O) groups excluding carboxylic acids is 1. The molecule has 0 radical (unpaired) electrons. The number of anilines is 1. The number of fused-ring (bicyclic) bond motifs is 1. The fourth-order valence-electron chi connectivity index (χ4n) is 2.29. The maximum atomic E-state index is 12.0. The zero-order valence-electron chi connectivity index (χ0n) is 11.4. The third kappa shape index (κ3) is 2.38. The van der Waals surface area contributed by atoms with E-state index in [1.54, 1.807) is 31.3 Å². The molecule has 22 heavy (non-hydrogen) atoms. The van der Waals surface area contributed by atoms with Crippen LogP contribution in [0, 0.1) is 10.1 Å². The van der Waals surface area contributed by atoms with Crippen molar-refractivity contribution in [3.8, 4) is 0 Å². The molecule has 8 heteroatoms. The Bertz CT molecular complexity index is 815. The summed E-state index contributed by atoms with van der Waals surface area (Å²) in [5.41, 5.74) is 1.39. The molecule has 112 valence electrons. The third-order valence-corrected chi connectivity index (χ3v) is 4.69. The molecule has 0 N–H and O–H groups in total. The highest BCUT2D eigenvalue weighted by molar-refractivity contribution is 7.20. The van der Waals surface area contributed by atoms with Crippen LogP contribution in [-0.4, -0.2) is 30.1 Å². The Hall–Kier alpha value is -2.25. The minimum absolute atomic E-state index is 0.0495. The first-order chi connectivity index (χ1) is 10.5. The molecule has 1 aliphatic rings. The molecule has 6 nitrogen and oxygen atoms in total. The van der Waals surface area contributed by atoms with Gasteiger partial charge in [0.2, 0.25) is 5.91 Å². The molecule has 0 saturated carbocycles. The Morgan fingerprint density at radius 1 is 1.36 bits per heavy atom. The fourth-order valence-corrected chi connectivity index (χ4v) is 3.48. The molecule has 0 spiro atoms. The van der Waals surface area contributed by atoms with Gasteiger partial charge in [0.15, 0.2) is 0 Å². The van der Waals surface area contributed by atoms with Gasteiger partial charge in [-0.05, 0) is 12.1 Å². The van der Waals surface area contributed by atoms with Gasteiger partial charge in [0.25, 0.3) is 5.69 Å². The molecule has 2 heterocycles. The predicted molar refractivity (Wildman–Crippen MR) is 86.3 cm³/mol. The lowest BCUT2D eigenvalue weighted by molar-refractivity contribution is -0.385. The third-order valence-electron chi connectivity index (χ3n) is 3.34. The van der Waals surface area contributed by atoms with Gasteiger partial charge in [-0.15, -0.1) is 11.3 Å². The van der Waals surface area contributed by atoms with Crippen molar-refractivity contribution in [1.82, 2.24) is 0 Å². The molecular weight excluding hydrogens is 326 g/mol. The standard InChI is InChI=1S/C14H10ClN3O3S/c1-17-12(19)7-16-13(9-6-11(15)22-14(9)17)8-4-2-3-5-10(8)18(20)21/h2-6H,7H2,1H3. The highest BCUT2D eigenvalue weighted by Gasteiger charge is 2.28. The van der Waals surface area contributed by atoms with Crippen molar-refractivity contribution in [3.05, 3.63) is 55.9 Å². The van der Waals surface area contributed by atoms with Crippen LogP contribution in [-0.2, 0) is 4.79 Å². The van der Waals surface area contributed by atoms with Crippen LogP contribution < -0.4 is 4.90 Å². The van der Waals surface area contributed by atoms with E-state index >= 15 is 0 Å². The molecule has 1 aliphatic heterocycles. The van der Waals surface area contributed by atoms with Gasteiger partial charge in [-0.25, -0.2) is 0 Å². The zero-order valence-corrected chi connectivity index (χ0v) is 13.0. The minimum atomic E-state index is -0.456. The van der Waals surface area contributed by atoms with E-state index in [1.807, 2.05) is 0 Å². The SMILES string of the molecule is CN1C(=O)CN=C(c2ccccc2[N+](=O)[O-])c2cc(Cl)sc21. The van der Waals surface area contributed by atoms with Crippen molar-refractivity contribution >= 4 is 45.2 Å². The number of hydrogen-bond acceptors (Lipinski definition) is 5. The molecule has 0 unspecified atom stereocenters. The minimum Gasteiger partial charge on any atom is -0.305 e. The van der Waals surface area contributed by atoms with Crippen molar-refractivity contribution in [2.45, 2.75) is 0 Å². The van der Waals surface area contributed by atoms with E-state index in [1.165, 1.54) is 22.3 Å². The number of rotatable bonds is 2. The highest BCUT2D eigenvalue weighted by atomic mass is 35.5. The van der Waals surface area contributed by atoms with Gasteiger partial charge in [0.05, 0.1) is 20.5 Å². The fraction of sp³-hybridized carbons (Fsp3) is 0.143. The quantitative estimate of drug-likeness (QED) is 0.625. The van der Waals surface area contributed by atoms with Crippen LogP contribution in [0.2, 0.25) is 4.34 Å². The lowest BCUT2D eigenvalue weighted by atomic mass is 10.0. The van der Waals surface area contributed by atoms with Crippen molar-refractivity contribution < 1.29 is 9.72 Å². The molecule has 1 amide bonds. The van der Waals surface area contributed by atoms with Crippen LogP contribution in [0.15, 0.2) is 35.3 Å². The van der Waals surface area contributed by atoms with Crippen LogP contribution in [0.1, 0.15) is 11.1 Å². The molecule has 0 bridgehead atoms. The van der Waals surface area contributed by atoms with E-state index in [9.17, 15) is 14.9 Å². The molecule has 1 aromatic carbocycles. The number of para-hydroxylation sites is 1. The first kappa shape index (κ1) is 14.7. The molecule has 1 aromatic heterocycles. The number of thiophene rings is 1. The van der Waals surface area contributed by atoms with Gasteiger partial charge in [-0.2, -0.15) is 0 Å². The molecule has 0 aliphatic carbocycles. The van der Waals surface area contributed by atoms with Crippen LogP contribution in [0.5, 0.6) is 0 Å². The molecule has 3 rings (SSSR count). The Balaban J connectivity index is 2.25. The van der Waals surface area contributed by atoms with E-state index in [4.69, 9.17) is 11.6 Å². The number of halogens is 1. The first-order valence-corrected chi connectivity index (χ1v) is 7.53. The van der Waals surface area contributed by atoms with Crippen LogP contribution in [0.25, 0.3) is 0 Å². The van der Waals surface area contributed by atoms with Gasteiger partial charge in [0, 0.05) is 18.7 Å². The maximum Gasteiger partial charge on any atom is 0.278 e. The summed E-state index contributed by atoms with van der Waals surface area (Å²) in [5, 5.41) is 11.9. The van der Waals surface area contributed by atoms with E-state index in [0.29, 0.717) is 26.2 Å². The van der Waals surface area contributed by atoms with E-state index < -0.39 is 4.92 Å². The number of aliphatic imine (C=N–C) groups is 1. The molecular formula is C14H10ClN3O3S. The summed E-state index contributed by atoms with van der Waals surface area (Å²) in [6.07, 6.45) is 0. The second-order valence-corrected chi connectivity index (χ2v) is 6.32. The van der Waals surface area contributed by atoms with E-state index in [-0.39, 0.29) is 18.1 Å². The topological polar surface area (TPSA) is 75.8 Å². The summed E-state index contributed by atoms with van der Waals surface area (Å²) in [4.78, 5) is 28.6. The summed E-state index contributed by atoms with van der Waals surface area (Å²) in [7, 11) is 1.64. The van der Waals surface area contributed by atoms with Gasteiger partial charge >= 0.3 is 0 Å². The van der Waals surface area contributed by atoms with Crippen molar-refractivity contribution in [1.29, 1.82) is 0 Å². The summed E-state index contributed by atoms with van der Waals surface area (Å²) < 4.78 is 0.498. The van der Waals surface area contributed by atoms with Crippen molar-refractivity contribution in [2.24, 2.45) is 4.99 Å². The normalized spacial score (nSPS) is 14.4. The number of nitrogens with zero attached hydrogens (tertiary/aromatic N) is 3. The van der Waals surface area contributed by atoms with Gasteiger partial charge in [-0.3, -0.25) is 19.9 Å². The first-order valence-electron chi connectivity index (χ1n) is 6.33. The largest absolute Gasteiger partial charge is 0.305 e. The average molecular weight is 336 g/mol. The van der Waals surface area contributed by atoms with Crippen LogP contribution in [0.3, 0.4) is 0 Å². The number of likely N-dealkylation sites (N-methyl/N-ethyl adjacent to an activating group) is 1. The van der Waals surface area contributed by atoms with E-state index in [0.717, 1.165) is 0 Å². The van der Waals surface area contributed by atoms with Crippen LogP contribution in [0.4, 0.5) is 10.7 Å².